The maximum atomic E-state index is 11.4. The van der Waals surface area contributed by atoms with E-state index in [0.29, 0.717) is 34.2 Å². The number of hydrogen-bond donors (Lipinski definition) is 1. The van der Waals surface area contributed by atoms with Gasteiger partial charge in [-0.1, -0.05) is 19.9 Å². The van der Waals surface area contributed by atoms with Crippen molar-refractivity contribution in [2.45, 2.75) is 33.2 Å². The monoisotopic (exact) mass is 461 g/mol. The summed E-state index contributed by atoms with van der Waals surface area (Å²) in [6.07, 6.45) is 0.945. The molecular weight excluding hydrogens is 438 g/mol. The van der Waals surface area contributed by atoms with Gasteiger partial charge in [-0.3, -0.25) is 10.1 Å². The second kappa shape index (κ2) is 10.1. The molecule has 0 aliphatic carbocycles. The van der Waals surface area contributed by atoms with Crippen LogP contribution in [0.3, 0.4) is 0 Å². The third kappa shape index (κ3) is 5.84. The van der Waals surface area contributed by atoms with Gasteiger partial charge in [0.1, 0.15) is 11.8 Å². The molecule has 0 aliphatic heterocycles. The number of hydrogen-bond acceptors (Lipinski definition) is 6. The van der Waals surface area contributed by atoms with Crippen molar-refractivity contribution in [2.75, 3.05) is 19.0 Å². The van der Waals surface area contributed by atoms with E-state index in [-0.39, 0.29) is 17.3 Å². The predicted octanol–water partition coefficient (Wildman–Crippen LogP) is 5.84. The summed E-state index contributed by atoms with van der Waals surface area (Å²) in [7, 11) is 1.58. The van der Waals surface area contributed by atoms with Crippen LogP contribution < -0.4 is 14.8 Å². The summed E-state index contributed by atoms with van der Waals surface area (Å²) in [5.74, 6) is 1.82. The lowest BCUT2D eigenvalue weighted by molar-refractivity contribution is -0.384. The SMILES string of the molecule is COc1cc(C(C)Nc2cc(Br)c(C#N)cc2[N+](=O)[O-])ccc1OCCC(C)C. The molecule has 2 rings (SSSR count). The molecule has 0 aliphatic rings. The van der Waals surface area contributed by atoms with Gasteiger partial charge in [0.2, 0.25) is 0 Å². The molecule has 0 spiro atoms. The van der Waals surface area contributed by atoms with E-state index in [9.17, 15) is 10.1 Å². The molecule has 1 unspecified atom stereocenters. The Labute approximate surface area is 178 Å². The zero-order valence-electron chi connectivity index (χ0n) is 16.9. The molecule has 0 saturated heterocycles. The average Bonchev–Trinajstić information content (AvgIpc) is 2.67. The number of halogens is 1. The largest absolute Gasteiger partial charge is 0.493 e. The van der Waals surface area contributed by atoms with Crippen LogP contribution in [-0.2, 0) is 0 Å². The van der Waals surface area contributed by atoms with E-state index in [4.69, 9.17) is 14.7 Å². The minimum absolute atomic E-state index is 0.155. The van der Waals surface area contributed by atoms with Gasteiger partial charge in [0.15, 0.2) is 11.5 Å². The molecule has 2 aromatic rings. The van der Waals surface area contributed by atoms with E-state index < -0.39 is 4.92 Å². The normalized spacial score (nSPS) is 11.6. The number of nitrogens with one attached hydrogen (secondary N) is 1. The Morgan fingerprint density at radius 2 is 1.97 bits per heavy atom. The summed E-state index contributed by atoms with van der Waals surface area (Å²) >= 11 is 3.28. The van der Waals surface area contributed by atoms with Crippen molar-refractivity contribution in [3.63, 3.8) is 0 Å². The van der Waals surface area contributed by atoms with Crippen molar-refractivity contribution in [1.82, 2.24) is 0 Å². The molecule has 29 heavy (non-hydrogen) atoms. The first-order chi connectivity index (χ1) is 13.8. The smallest absolute Gasteiger partial charge is 0.293 e. The lowest BCUT2D eigenvalue weighted by atomic mass is 10.1. The Kier molecular flexibility index (Phi) is 7.85. The number of nitriles is 1. The van der Waals surface area contributed by atoms with Crippen LogP contribution in [0.2, 0.25) is 0 Å². The van der Waals surface area contributed by atoms with Crippen LogP contribution in [0.5, 0.6) is 11.5 Å². The molecule has 0 amide bonds. The van der Waals surface area contributed by atoms with Gasteiger partial charge in [0, 0.05) is 16.6 Å². The fourth-order valence-corrected chi connectivity index (χ4v) is 3.14. The Balaban J connectivity index is 2.25. The Morgan fingerprint density at radius 3 is 2.55 bits per heavy atom. The molecule has 2 aromatic carbocycles. The number of nitro groups is 1. The molecule has 0 aromatic heterocycles. The highest BCUT2D eigenvalue weighted by Gasteiger charge is 2.20. The summed E-state index contributed by atoms with van der Waals surface area (Å²) < 4.78 is 11.8. The van der Waals surface area contributed by atoms with Crippen LogP contribution in [0.25, 0.3) is 0 Å². The lowest BCUT2D eigenvalue weighted by Crippen LogP contribution is -2.09. The Morgan fingerprint density at radius 1 is 1.24 bits per heavy atom. The topological polar surface area (TPSA) is 97.4 Å². The number of benzene rings is 2. The summed E-state index contributed by atoms with van der Waals surface area (Å²) in [6.45, 7) is 6.77. The lowest BCUT2D eigenvalue weighted by Gasteiger charge is -2.18. The molecular formula is C21H24BrN3O4. The first-order valence-electron chi connectivity index (χ1n) is 9.22. The summed E-state index contributed by atoms with van der Waals surface area (Å²) in [6, 6.07) is 10.1. The molecule has 8 heteroatoms. The van der Waals surface area contributed by atoms with Gasteiger partial charge in [0.25, 0.3) is 5.69 Å². The Hall–Kier alpha value is -2.79. The highest BCUT2D eigenvalue weighted by atomic mass is 79.9. The van der Waals surface area contributed by atoms with Crippen molar-refractivity contribution < 1.29 is 14.4 Å². The minimum atomic E-state index is -0.505. The third-order valence-corrected chi connectivity index (χ3v) is 5.07. The van der Waals surface area contributed by atoms with E-state index >= 15 is 0 Å². The standard InChI is InChI=1S/C21H24BrN3O4/c1-13(2)7-8-29-20-6-5-15(10-21(20)28-4)14(3)24-18-11-17(22)16(12-23)9-19(18)25(26)27/h5-6,9-11,13-14,24H,7-8H2,1-4H3. The van der Waals surface area contributed by atoms with Crippen LogP contribution >= 0.6 is 15.9 Å². The number of methoxy groups -OCH3 is 1. The quantitative estimate of drug-likeness (QED) is 0.372. The second-order valence-electron chi connectivity index (χ2n) is 7.03. The molecule has 7 nitrogen and oxygen atoms in total. The van der Waals surface area contributed by atoms with E-state index in [1.165, 1.54) is 6.07 Å². The van der Waals surface area contributed by atoms with Crippen molar-refractivity contribution in [2.24, 2.45) is 5.92 Å². The van der Waals surface area contributed by atoms with Gasteiger partial charge in [-0.15, -0.1) is 0 Å². The highest BCUT2D eigenvalue weighted by Crippen LogP contribution is 2.35. The summed E-state index contributed by atoms with van der Waals surface area (Å²) in [5.41, 5.74) is 1.26. The van der Waals surface area contributed by atoms with Crippen molar-refractivity contribution in [1.29, 1.82) is 5.26 Å². The minimum Gasteiger partial charge on any atom is -0.493 e. The number of anilines is 1. The second-order valence-corrected chi connectivity index (χ2v) is 7.88. The van der Waals surface area contributed by atoms with Crippen LogP contribution in [-0.4, -0.2) is 18.6 Å². The van der Waals surface area contributed by atoms with Crippen molar-refractivity contribution in [3.8, 4) is 17.6 Å². The average molecular weight is 462 g/mol. The molecule has 0 saturated carbocycles. The first kappa shape index (κ1) is 22.5. The van der Waals surface area contributed by atoms with Crippen LogP contribution in [0.1, 0.15) is 44.4 Å². The third-order valence-electron chi connectivity index (χ3n) is 4.41. The number of nitrogens with zero attached hydrogens (tertiary/aromatic N) is 2. The molecule has 0 heterocycles. The summed E-state index contributed by atoms with van der Waals surface area (Å²) in [5, 5.41) is 23.7. The van der Waals surface area contributed by atoms with Gasteiger partial charge >= 0.3 is 0 Å². The van der Waals surface area contributed by atoms with Gasteiger partial charge in [0.05, 0.1) is 24.2 Å². The van der Waals surface area contributed by atoms with E-state index in [2.05, 4.69) is 35.1 Å². The van der Waals surface area contributed by atoms with Crippen molar-refractivity contribution in [3.05, 3.63) is 56.0 Å². The van der Waals surface area contributed by atoms with Crippen LogP contribution in [0.4, 0.5) is 11.4 Å². The fourth-order valence-electron chi connectivity index (χ4n) is 2.71. The van der Waals surface area contributed by atoms with Gasteiger partial charge < -0.3 is 14.8 Å². The molecule has 0 fully saturated rings. The molecule has 0 radical (unpaired) electrons. The molecule has 1 atom stereocenters. The predicted molar refractivity (Wildman–Crippen MR) is 115 cm³/mol. The molecule has 1 N–H and O–H groups in total. The fraction of sp³-hybridized carbons (Fsp3) is 0.381. The van der Waals surface area contributed by atoms with Crippen LogP contribution in [0, 0.1) is 27.4 Å². The number of ether oxygens (including phenoxy) is 2. The number of rotatable bonds is 9. The van der Waals surface area contributed by atoms with E-state index in [0.717, 1.165) is 12.0 Å². The highest BCUT2D eigenvalue weighted by molar-refractivity contribution is 9.10. The van der Waals surface area contributed by atoms with Gasteiger partial charge in [-0.05, 0) is 59.0 Å². The van der Waals surface area contributed by atoms with E-state index in [1.807, 2.05) is 31.2 Å². The van der Waals surface area contributed by atoms with Crippen molar-refractivity contribution >= 4 is 27.3 Å². The molecule has 154 valence electrons. The van der Waals surface area contributed by atoms with Crippen LogP contribution in [0.15, 0.2) is 34.8 Å². The zero-order valence-corrected chi connectivity index (χ0v) is 18.4. The maximum absolute atomic E-state index is 11.4. The molecule has 0 bridgehead atoms. The first-order valence-corrected chi connectivity index (χ1v) is 10.0. The van der Waals surface area contributed by atoms with Gasteiger partial charge in [-0.2, -0.15) is 5.26 Å². The summed E-state index contributed by atoms with van der Waals surface area (Å²) in [4.78, 5) is 10.9. The zero-order chi connectivity index (χ0) is 21.6. The van der Waals surface area contributed by atoms with E-state index in [1.54, 1.807) is 13.2 Å². The Bertz CT molecular complexity index is 925. The van der Waals surface area contributed by atoms with Gasteiger partial charge in [-0.25, -0.2) is 0 Å². The number of nitro benzene ring substituents is 1. The maximum Gasteiger partial charge on any atom is 0.293 e.